The number of carbonyl (C=O) groups is 1. The van der Waals surface area contributed by atoms with Crippen LogP contribution in [0, 0.1) is 0 Å². The summed E-state index contributed by atoms with van der Waals surface area (Å²) < 4.78 is 13.6. The monoisotopic (exact) mass is 337 g/mol. The Kier molecular flexibility index (Phi) is 4.73. The number of nitrogens with zero attached hydrogens (tertiary/aromatic N) is 3. The average Bonchev–Trinajstić information content (AvgIpc) is 3.16. The molecule has 0 spiro atoms. The first-order valence-electron chi connectivity index (χ1n) is 7.27. The Morgan fingerprint density at radius 1 is 1.55 bits per heavy atom. The molecule has 1 aliphatic heterocycles. The van der Waals surface area contributed by atoms with Gasteiger partial charge in [0.15, 0.2) is 0 Å². The van der Waals surface area contributed by atoms with Crippen LogP contribution in [0.2, 0.25) is 0 Å². The van der Waals surface area contributed by atoms with Gasteiger partial charge in [0.05, 0.1) is 12.2 Å². The van der Waals surface area contributed by atoms with Gasteiger partial charge in [-0.05, 0) is 28.8 Å². The number of hydrogen-bond acceptors (Lipinski definition) is 4. The van der Waals surface area contributed by atoms with Gasteiger partial charge in [-0.1, -0.05) is 0 Å². The first kappa shape index (κ1) is 15.4. The van der Waals surface area contributed by atoms with E-state index in [0.717, 1.165) is 12.0 Å². The Bertz CT molecular complexity index is 666. The summed E-state index contributed by atoms with van der Waals surface area (Å²) in [5.41, 5.74) is 2.18. The molecular formula is C15H19N3O2S2. The van der Waals surface area contributed by atoms with Gasteiger partial charge in [0.25, 0.3) is 0 Å². The van der Waals surface area contributed by atoms with Crippen LogP contribution in [0.5, 0.6) is 0 Å². The van der Waals surface area contributed by atoms with Crippen LogP contribution in [0.4, 0.5) is 0 Å². The highest BCUT2D eigenvalue weighted by Crippen LogP contribution is 2.26. The zero-order chi connectivity index (χ0) is 15.5. The maximum atomic E-state index is 12.6. The highest BCUT2D eigenvalue weighted by molar-refractivity contribution is 7.85. The summed E-state index contributed by atoms with van der Waals surface area (Å²) in [6.07, 6.45) is 4.94. The van der Waals surface area contributed by atoms with E-state index >= 15 is 0 Å². The lowest BCUT2D eigenvalue weighted by Gasteiger charge is -2.35. The van der Waals surface area contributed by atoms with E-state index in [1.807, 2.05) is 23.5 Å². The van der Waals surface area contributed by atoms with Gasteiger partial charge in [-0.2, -0.15) is 16.4 Å². The van der Waals surface area contributed by atoms with Gasteiger partial charge in [0.1, 0.15) is 0 Å². The minimum atomic E-state index is -0.861. The van der Waals surface area contributed by atoms with Gasteiger partial charge in [0, 0.05) is 54.1 Å². The van der Waals surface area contributed by atoms with Crippen molar-refractivity contribution in [2.24, 2.45) is 7.05 Å². The maximum absolute atomic E-state index is 12.6. The minimum Gasteiger partial charge on any atom is -0.334 e. The topological polar surface area (TPSA) is 55.2 Å². The maximum Gasteiger partial charge on any atom is 0.223 e. The lowest BCUT2D eigenvalue weighted by atomic mass is 10.1. The van der Waals surface area contributed by atoms with Crippen LogP contribution in [0.25, 0.3) is 0 Å². The predicted molar refractivity (Wildman–Crippen MR) is 88.2 cm³/mol. The zero-order valence-corrected chi connectivity index (χ0v) is 14.1. The second-order valence-corrected chi connectivity index (χ2v) is 7.89. The van der Waals surface area contributed by atoms with Crippen molar-refractivity contribution < 1.29 is 9.00 Å². The van der Waals surface area contributed by atoms with Crippen molar-refractivity contribution in [3.63, 3.8) is 0 Å². The van der Waals surface area contributed by atoms with Crippen molar-refractivity contribution >= 4 is 28.0 Å². The Hall–Kier alpha value is -1.47. The lowest BCUT2D eigenvalue weighted by Crippen LogP contribution is -2.44. The average molecular weight is 337 g/mol. The van der Waals surface area contributed by atoms with E-state index in [9.17, 15) is 9.00 Å². The second-order valence-electron chi connectivity index (χ2n) is 5.49. The smallest absolute Gasteiger partial charge is 0.223 e. The molecule has 2 aromatic rings. The molecule has 1 aliphatic rings. The highest BCUT2D eigenvalue weighted by Gasteiger charge is 2.31. The standard InChI is InChI=1S/C15H19N3O2S2/c1-17-9-13(8-16-17)14-11-22(20)7-5-18(14)15(19)3-2-12-4-6-21-10-12/h4,6,8-10,14H,2-3,5,7,11H2,1H3/t14-,22+/m0/s1. The molecule has 3 heterocycles. The summed E-state index contributed by atoms with van der Waals surface area (Å²) in [4.78, 5) is 14.5. The Morgan fingerprint density at radius 3 is 3.09 bits per heavy atom. The number of hydrogen-bond donors (Lipinski definition) is 0. The second kappa shape index (κ2) is 6.75. The van der Waals surface area contributed by atoms with Gasteiger partial charge < -0.3 is 4.90 Å². The van der Waals surface area contributed by atoms with Crippen molar-refractivity contribution in [1.82, 2.24) is 14.7 Å². The quantitative estimate of drug-likeness (QED) is 0.854. The molecule has 0 aromatic carbocycles. The molecule has 7 heteroatoms. The van der Waals surface area contributed by atoms with E-state index in [0.29, 0.717) is 24.5 Å². The molecule has 0 saturated carbocycles. The molecule has 1 saturated heterocycles. The number of carbonyl (C=O) groups excluding carboxylic acids is 1. The predicted octanol–water partition coefficient (Wildman–Crippen LogP) is 1.75. The zero-order valence-electron chi connectivity index (χ0n) is 12.5. The molecule has 0 N–H and O–H groups in total. The van der Waals surface area contributed by atoms with Crippen molar-refractivity contribution in [3.8, 4) is 0 Å². The minimum absolute atomic E-state index is 0.113. The number of aryl methyl sites for hydroxylation is 2. The van der Waals surface area contributed by atoms with Crippen LogP contribution in [0.15, 0.2) is 29.2 Å². The van der Waals surface area contributed by atoms with Crippen LogP contribution in [-0.4, -0.2) is 42.8 Å². The summed E-state index contributed by atoms with van der Waals surface area (Å²) in [7, 11) is 0.992. The third-order valence-corrected chi connectivity index (χ3v) is 5.97. The first-order chi connectivity index (χ1) is 10.6. The summed E-state index contributed by atoms with van der Waals surface area (Å²) in [5, 5.41) is 8.29. The number of aromatic nitrogens is 2. The van der Waals surface area contributed by atoms with Gasteiger partial charge >= 0.3 is 0 Å². The Balaban J connectivity index is 1.71. The molecule has 118 valence electrons. The van der Waals surface area contributed by atoms with Crippen LogP contribution in [0.3, 0.4) is 0 Å². The molecule has 2 atom stereocenters. The van der Waals surface area contributed by atoms with E-state index in [4.69, 9.17) is 0 Å². The largest absolute Gasteiger partial charge is 0.334 e. The normalized spacial score (nSPS) is 22.0. The SMILES string of the molecule is Cn1cc([C@@H]2C[S@](=O)CCN2C(=O)CCc2ccsc2)cn1. The Morgan fingerprint density at radius 2 is 2.41 bits per heavy atom. The fourth-order valence-electron chi connectivity index (χ4n) is 2.72. The van der Waals surface area contributed by atoms with Crippen molar-refractivity contribution in [2.45, 2.75) is 18.9 Å². The number of amides is 1. The van der Waals surface area contributed by atoms with Gasteiger partial charge in [-0.15, -0.1) is 0 Å². The Labute approximate surface area is 136 Å². The van der Waals surface area contributed by atoms with E-state index in [1.165, 1.54) is 5.56 Å². The molecule has 0 bridgehead atoms. The van der Waals surface area contributed by atoms with Crippen LogP contribution in [-0.2, 0) is 29.1 Å². The lowest BCUT2D eigenvalue weighted by molar-refractivity contribution is -0.133. The first-order valence-corrected chi connectivity index (χ1v) is 9.70. The van der Waals surface area contributed by atoms with Crippen molar-refractivity contribution in [2.75, 3.05) is 18.1 Å². The summed E-state index contributed by atoms with van der Waals surface area (Å²) in [5.74, 6) is 1.22. The molecule has 1 amide bonds. The van der Waals surface area contributed by atoms with Gasteiger partial charge in [0.2, 0.25) is 5.91 Å². The van der Waals surface area contributed by atoms with Crippen LogP contribution in [0.1, 0.15) is 23.6 Å². The third kappa shape index (κ3) is 3.47. The van der Waals surface area contributed by atoms with E-state index in [-0.39, 0.29) is 11.9 Å². The molecule has 2 aromatic heterocycles. The van der Waals surface area contributed by atoms with E-state index in [2.05, 4.69) is 16.5 Å². The third-order valence-electron chi connectivity index (χ3n) is 3.92. The van der Waals surface area contributed by atoms with Gasteiger partial charge in [-0.3, -0.25) is 13.7 Å². The molecular weight excluding hydrogens is 318 g/mol. The molecule has 22 heavy (non-hydrogen) atoms. The van der Waals surface area contributed by atoms with Crippen LogP contribution >= 0.6 is 11.3 Å². The van der Waals surface area contributed by atoms with E-state index in [1.54, 1.807) is 22.2 Å². The summed E-state index contributed by atoms with van der Waals surface area (Å²) in [6.45, 7) is 0.564. The number of thiophene rings is 1. The highest BCUT2D eigenvalue weighted by atomic mass is 32.2. The fourth-order valence-corrected chi connectivity index (χ4v) is 4.72. The van der Waals surface area contributed by atoms with Crippen molar-refractivity contribution in [1.29, 1.82) is 0 Å². The molecule has 5 nitrogen and oxygen atoms in total. The van der Waals surface area contributed by atoms with Gasteiger partial charge in [-0.25, -0.2) is 0 Å². The molecule has 0 unspecified atom stereocenters. The molecule has 3 rings (SSSR count). The summed E-state index contributed by atoms with van der Waals surface area (Å²) >= 11 is 1.65. The number of rotatable bonds is 4. The van der Waals surface area contributed by atoms with Crippen molar-refractivity contribution in [3.05, 3.63) is 40.3 Å². The summed E-state index contributed by atoms with van der Waals surface area (Å²) in [6, 6.07) is 1.94. The van der Waals surface area contributed by atoms with E-state index < -0.39 is 10.8 Å². The molecule has 1 fully saturated rings. The molecule has 0 aliphatic carbocycles. The van der Waals surface area contributed by atoms with Crippen LogP contribution < -0.4 is 0 Å². The fraction of sp³-hybridized carbons (Fsp3) is 0.467. The molecule has 0 radical (unpaired) electrons.